The Morgan fingerprint density at radius 2 is 1.66 bits per heavy atom. The lowest BCUT2D eigenvalue weighted by Crippen LogP contribution is -2.38. The average Bonchev–Trinajstić information content (AvgIpc) is 3.10. The van der Waals surface area contributed by atoms with Gasteiger partial charge >= 0.3 is 6.18 Å². The van der Waals surface area contributed by atoms with E-state index in [1.807, 2.05) is 4.57 Å². The van der Waals surface area contributed by atoms with Gasteiger partial charge in [-0.1, -0.05) is 0 Å². The topological polar surface area (TPSA) is 55.2 Å². The van der Waals surface area contributed by atoms with E-state index < -0.39 is 21.8 Å². The first-order valence-electron chi connectivity index (χ1n) is 8.96. The molecule has 1 aliphatic rings. The van der Waals surface area contributed by atoms with Crippen LogP contribution in [0.25, 0.3) is 11.0 Å². The van der Waals surface area contributed by atoms with Crippen LogP contribution in [-0.2, 0) is 16.2 Å². The summed E-state index contributed by atoms with van der Waals surface area (Å²) in [6.07, 6.45) is -1.86. The number of hydrogen-bond donors (Lipinski definition) is 0. The molecule has 1 aliphatic heterocycles. The monoisotopic (exact) mass is 427 g/mol. The number of fused-ring (bicyclic) bond motifs is 1. The van der Waals surface area contributed by atoms with E-state index in [-0.39, 0.29) is 29.8 Å². The molecule has 0 N–H and O–H groups in total. The third-order valence-corrected chi connectivity index (χ3v) is 7.09. The molecule has 29 heavy (non-hydrogen) atoms. The number of halogens is 4. The Morgan fingerprint density at radius 3 is 2.28 bits per heavy atom. The van der Waals surface area contributed by atoms with E-state index in [0.29, 0.717) is 18.4 Å². The van der Waals surface area contributed by atoms with E-state index in [4.69, 9.17) is 0 Å². The van der Waals surface area contributed by atoms with E-state index in [0.717, 1.165) is 29.8 Å². The van der Waals surface area contributed by atoms with Crippen molar-refractivity contribution in [3.05, 3.63) is 60.2 Å². The highest BCUT2D eigenvalue weighted by molar-refractivity contribution is 7.89. The van der Waals surface area contributed by atoms with Crippen molar-refractivity contribution in [3.8, 4) is 0 Å². The van der Waals surface area contributed by atoms with Gasteiger partial charge in [0.2, 0.25) is 10.0 Å². The lowest BCUT2D eigenvalue weighted by atomic mass is 10.1. The molecule has 0 aliphatic carbocycles. The average molecular weight is 427 g/mol. The Bertz CT molecular complexity index is 1130. The van der Waals surface area contributed by atoms with Crippen LogP contribution in [0.5, 0.6) is 0 Å². The van der Waals surface area contributed by atoms with E-state index in [1.165, 1.54) is 16.4 Å². The van der Waals surface area contributed by atoms with Crippen LogP contribution in [0.3, 0.4) is 0 Å². The van der Waals surface area contributed by atoms with Gasteiger partial charge in [-0.3, -0.25) is 0 Å². The fraction of sp³-hybridized carbons (Fsp3) is 0.316. The number of hydrogen-bond acceptors (Lipinski definition) is 3. The molecule has 154 valence electrons. The standard InChI is InChI=1S/C19H17F4N3O2S/c20-14-3-6-18-17(11-14)24-12-26(18)15-7-9-25(10-8-15)29(27,28)16-4-1-13(2-5-16)19(21,22)23/h1-6,11-12,15H,7-10H2. The van der Waals surface area contributed by atoms with Crippen molar-refractivity contribution < 1.29 is 26.0 Å². The van der Waals surface area contributed by atoms with Crippen molar-refractivity contribution in [2.75, 3.05) is 13.1 Å². The molecule has 3 aromatic rings. The van der Waals surface area contributed by atoms with Gasteiger partial charge in [-0.05, 0) is 49.2 Å². The zero-order chi connectivity index (χ0) is 20.8. The van der Waals surface area contributed by atoms with E-state index in [2.05, 4.69) is 4.98 Å². The maximum absolute atomic E-state index is 13.3. The minimum atomic E-state index is -4.52. The first kappa shape index (κ1) is 19.8. The first-order valence-corrected chi connectivity index (χ1v) is 10.4. The second-order valence-corrected chi connectivity index (χ2v) is 8.88. The molecule has 0 unspecified atom stereocenters. The van der Waals surface area contributed by atoms with E-state index in [1.54, 1.807) is 12.4 Å². The summed E-state index contributed by atoms with van der Waals surface area (Å²) in [5, 5.41) is 0. The molecule has 0 atom stereocenters. The van der Waals surface area contributed by atoms with Crippen LogP contribution >= 0.6 is 0 Å². The van der Waals surface area contributed by atoms with Crippen molar-refractivity contribution >= 4 is 21.1 Å². The highest BCUT2D eigenvalue weighted by Crippen LogP contribution is 2.32. The van der Waals surface area contributed by atoms with Gasteiger partial charge in [0.25, 0.3) is 0 Å². The van der Waals surface area contributed by atoms with Crippen molar-refractivity contribution in [1.29, 1.82) is 0 Å². The third kappa shape index (κ3) is 3.74. The Morgan fingerprint density at radius 1 is 1.00 bits per heavy atom. The fourth-order valence-electron chi connectivity index (χ4n) is 3.62. The van der Waals surface area contributed by atoms with Crippen LogP contribution in [0.1, 0.15) is 24.4 Å². The van der Waals surface area contributed by atoms with Gasteiger partial charge in [0.05, 0.1) is 27.8 Å². The molecule has 5 nitrogen and oxygen atoms in total. The molecule has 0 bridgehead atoms. The zero-order valence-electron chi connectivity index (χ0n) is 15.1. The summed E-state index contributed by atoms with van der Waals surface area (Å²) in [7, 11) is -3.87. The summed E-state index contributed by atoms with van der Waals surface area (Å²) in [6, 6.07) is 7.87. The second kappa shape index (κ2) is 7.10. The number of rotatable bonds is 3. The summed E-state index contributed by atoms with van der Waals surface area (Å²) in [4.78, 5) is 4.04. The van der Waals surface area contributed by atoms with Gasteiger partial charge in [-0.15, -0.1) is 0 Å². The Hall–Kier alpha value is -2.46. The summed E-state index contributed by atoms with van der Waals surface area (Å²) in [6.45, 7) is 0.462. The smallest absolute Gasteiger partial charge is 0.327 e. The molecular formula is C19H17F4N3O2S. The number of aromatic nitrogens is 2. The largest absolute Gasteiger partial charge is 0.416 e. The summed E-state index contributed by atoms with van der Waals surface area (Å²) in [5.74, 6) is -0.375. The maximum Gasteiger partial charge on any atom is 0.416 e. The predicted octanol–water partition coefficient (Wildman–Crippen LogP) is 4.22. The number of benzene rings is 2. The number of sulfonamides is 1. The second-order valence-electron chi connectivity index (χ2n) is 6.94. The summed E-state index contributed by atoms with van der Waals surface area (Å²) >= 11 is 0. The van der Waals surface area contributed by atoms with Crippen LogP contribution < -0.4 is 0 Å². The normalized spacial score (nSPS) is 17.1. The lowest BCUT2D eigenvalue weighted by Gasteiger charge is -2.32. The van der Waals surface area contributed by atoms with Crippen LogP contribution in [0, 0.1) is 5.82 Å². The highest BCUT2D eigenvalue weighted by Gasteiger charge is 2.33. The number of alkyl halides is 3. The van der Waals surface area contributed by atoms with Crippen molar-refractivity contribution in [2.24, 2.45) is 0 Å². The Balaban J connectivity index is 1.50. The SMILES string of the molecule is O=S(=O)(c1ccc(C(F)(F)F)cc1)N1CCC(n2cnc3cc(F)ccc32)CC1. The number of nitrogens with zero attached hydrogens (tertiary/aromatic N) is 3. The first-order chi connectivity index (χ1) is 13.7. The number of imidazole rings is 1. The van der Waals surface area contributed by atoms with Gasteiger partial charge in [-0.25, -0.2) is 17.8 Å². The fourth-order valence-corrected chi connectivity index (χ4v) is 5.09. The minimum Gasteiger partial charge on any atom is -0.327 e. The molecule has 0 spiro atoms. The van der Waals surface area contributed by atoms with Crippen LogP contribution in [0.4, 0.5) is 17.6 Å². The van der Waals surface area contributed by atoms with Crippen molar-refractivity contribution in [3.63, 3.8) is 0 Å². The van der Waals surface area contributed by atoms with E-state index in [9.17, 15) is 26.0 Å². The van der Waals surface area contributed by atoms with Crippen LogP contribution in [0.2, 0.25) is 0 Å². The molecule has 4 rings (SSSR count). The molecule has 0 radical (unpaired) electrons. The lowest BCUT2D eigenvalue weighted by molar-refractivity contribution is -0.137. The predicted molar refractivity (Wildman–Crippen MR) is 98.2 cm³/mol. The van der Waals surface area contributed by atoms with Gasteiger partial charge in [0, 0.05) is 25.2 Å². The molecule has 2 aromatic carbocycles. The molecule has 1 saturated heterocycles. The van der Waals surface area contributed by atoms with Gasteiger partial charge in [0.1, 0.15) is 5.82 Å². The summed E-state index contributed by atoms with van der Waals surface area (Å²) in [5.41, 5.74) is 0.416. The molecule has 2 heterocycles. The molecule has 10 heteroatoms. The Kier molecular flexibility index (Phi) is 4.86. The quantitative estimate of drug-likeness (QED) is 0.588. The molecular weight excluding hydrogens is 410 g/mol. The van der Waals surface area contributed by atoms with E-state index >= 15 is 0 Å². The number of piperidine rings is 1. The van der Waals surface area contributed by atoms with Crippen LogP contribution in [0.15, 0.2) is 53.7 Å². The molecule has 0 amide bonds. The van der Waals surface area contributed by atoms with Crippen molar-refractivity contribution in [1.82, 2.24) is 13.9 Å². The maximum atomic E-state index is 13.3. The summed E-state index contributed by atoms with van der Waals surface area (Å²) < 4.78 is 80.2. The molecule has 1 fully saturated rings. The van der Waals surface area contributed by atoms with Gasteiger partial charge in [-0.2, -0.15) is 17.5 Å². The van der Waals surface area contributed by atoms with Crippen molar-refractivity contribution in [2.45, 2.75) is 30.0 Å². The zero-order valence-corrected chi connectivity index (χ0v) is 15.9. The minimum absolute atomic E-state index is 0.00418. The molecule has 1 aromatic heterocycles. The van der Waals surface area contributed by atoms with Gasteiger partial charge in [0.15, 0.2) is 0 Å². The highest BCUT2D eigenvalue weighted by atomic mass is 32.2. The Labute approximate surface area is 164 Å². The molecule has 0 saturated carbocycles. The van der Waals surface area contributed by atoms with Crippen LogP contribution in [-0.4, -0.2) is 35.4 Å². The van der Waals surface area contributed by atoms with Gasteiger partial charge < -0.3 is 4.57 Å². The third-order valence-electron chi connectivity index (χ3n) is 5.17.